The maximum absolute atomic E-state index is 11.4. The Kier molecular flexibility index (Phi) is 2.87. The molecule has 15 heavy (non-hydrogen) atoms. The van der Waals surface area contributed by atoms with Gasteiger partial charge in [0, 0.05) is 6.20 Å². The molecule has 78 valence electrons. The van der Waals surface area contributed by atoms with Crippen LogP contribution in [0.5, 0.6) is 0 Å². The van der Waals surface area contributed by atoms with Crippen LogP contribution in [0.15, 0.2) is 6.20 Å². The van der Waals surface area contributed by atoms with Crippen molar-refractivity contribution in [2.24, 2.45) is 0 Å². The highest BCUT2D eigenvalue weighted by atomic mass is 127. The van der Waals surface area contributed by atoms with E-state index in [0.717, 1.165) is 0 Å². The molecule has 0 unspecified atom stereocenters. The summed E-state index contributed by atoms with van der Waals surface area (Å²) in [6.07, 6.45) is 1.46. The number of carbonyl (C=O) groups excluding carboxylic acids is 2. The summed E-state index contributed by atoms with van der Waals surface area (Å²) >= 11 is 7.63. The summed E-state index contributed by atoms with van der Waals surface area (Å²) in [4.78, 5) is 31.6. The Morgan fingerprint density at radius 3 is 2.80 bits per heavy atom. The van der Waals surface area contributed by atoms with Crippen molar-refractivity contribution in [1.82, 2.24) is 9.97 Å². The zero-order valence-electron chi connectivity index (χ0n) is 7.41. The fourth-order valence-electron chi connectivity index (χ4n) is 1.30. The topological polar surface area (TPSA) is 63.2 Å². The number of anilines is 1. The van der Waals surface area contributed by atoms with E-state index in [1.807, 2.05) is 22.6 Å². The van der Waals surface area contributed by atoms with Crippen LogP contribution in [0.1, 0.15) is 6.42 Å². The number of rotatable bonds is 1. The van der Waals surface area contributed by atoms with Crippen molar-refractivity contribution in [2.45, 2.75) is 6.42 Å². The van der Waals surface area contributed by atoms with E-state index in [1.54, 1.807) is 0 Å². The van der Waals surface area contributed by atoms with Gasteiger partial charge < -0.3 is 0 Å². The first-order chi connectivity index (χ1) is 7.08. The molecule has 5 nitrogen and oxygen atoms in total. The van der Waals surface area contributed by atoms with Crippen molar-refractivity contribution >= 4 is 51.7 Å². The van der Waals surface area contributed by atoms with Gasteiger partial charge in [0.2, 0.25) is 11.2 Å². The predicted octanol–water partition coefficient (Wildman–Crippen LogP) is 1.04. The number of hydrogen-bond acceptors (Lipinski definition) is 4. The molecule has 1 aromatic rings. The number of Topliss-reactive ketones (excluding diaryl/α,β-unsaturated/α-hetero) is 1. The minimum atomic E-state index is -0.243. The van der Waals surface area contributed by atoms with Crippen LogP contribution in [0.3, 0.4) is 0 Å². The highest BCUT2D eigenvalue weighted by Gasteiger charge is 2.30. The molecule has 0 atom stereocenters. The molecule has 0 saturated carbocycles. The van der Waals surface area contributed by atoms with Crippen LogP contribution in [-0.4, -0.2) is 28.2 Å². The third-order valence-corrected chi connectivity index (χ3v) is 2.88. The Labute approximate surface area is 104 Å². The molecule has 1 saturated heterocycles. The van der Waals surface area contributed by atoms with Gasteiger partial charge in [0.25, 0.3) is 0 Å². The van der Waals surface area contributed by atoms with E-state index >= 15 is 0 Å². The Hall–Kier alpha value is -0.760. The van der Waals surface area contributed by atoms with Gasteiger partial charge in [-0.1, -0.05) is 0 Å². The van der Waals surface area contributed by atoms with Crippen molar-refractivity contribution in [1.29, 1.82) is 0 Å². The van der Waals surface area contributed by atoms with E-state index in [2.05, 4.69) is 9.97 Å². The van der Waals surface area contributed by atoms with Gasteiger partial charge in [0.15, 0.2) is 11.6 Å². The second-order valence-electron chi connectivity index (χ2n) is 3.01. The molecule has 1 amide bonds. The molecule has 1 aliphatic heterocycles. The third-order valence-electron chi connectivity index (χ3n) is 1.94. The smallest absolute Gasteiger partial charge is 0.236 e. The summed E-state index contributed by atoms with van der Waals surface area (Å²) in [5.41, 5.74) is 0. The van der Waals surface area contributed by atoms with E-state index in [4.69, 9.17) is 11.6 Å². The van der Waals surface area contributed by atoms with Gasteiger partial charge in [-0.25, -0.2) is 4.98 Å². The van der Waals surface area contributed by atoms with Gasteiger partial charge in [-0.2, -0.15) is 4.98 Å². The van der Waals surface area contributed by atoms with Gasteiger partial charge in [-0.3, -0.25) is 14.5 Å². The fraction of sp³-hybridized carbons (Fsp3) is 0.250. The van der Waals surface area contributed by atoms with Crippen molar-refractivity contribution in [3.05, 3.63) is 15.1 Å². The fourth-order valence-corrected chi connectivity index (χ4v) is 1.98. The van der Waals surface area contributed by atoms with Crippen LogP contribution < -0.4 is 4.90 Å². The molecule has 0 N–H and O–H groups in total. The number of carbonyl (C=O) groups is 2. The number of aromatic nitrogens is 2. The molecule has 0 radical (unpaired) electrons. The summed E-state index contributed by atoms with van der Waals surface area (Å²) in [6, 6.07) is 0. The molecule has 0 spiro atoms. The minimum absolute atomic E-state index is 0.0578. The molecule has 7 heteroatoms. The zero-order chi connectivity index (χ0) is 11.0. The van der Waals surface area contributed by atoms with Gasteiger partial charge in [-0.05, 0) is 34.2 Å². The highest BCUT2D eigenvalue weighted by molar-refractivity contribution is 14.1. The zero-order valence-corrected chi connectivity index (χ0v) is 10.3. The second kappa shape index (κ2) is 4.01. The van der Waals surface area contributed by atoms with E-state index < -0.39 is 0 Å². The number of amides is 1. The van der Waals surface area contributed by atoms with Crippen LogP contribution in [0, 0.1) is 3.57 Å². The van der Waals surface area contributed by atoms with Crippen LogP contribution in [0.25, 0.3) is 0 Å². The third kappa shape index (κ3) is 2.10. The lowest BCUT2D eigenvalue weighted by atomic mass is 10.3. The van der Waals surface area contributed by atoms with Gasteiger partial charge in [0.05, 0.1) is 16.5 Å². The van der Waals surface area contributed by atoms with Crippen LogP contribution >= 0.6 is 34.2 Å². The Balaban J connectivity index is 2.41. The number of halogens is 2. The molecule has 0 bridgehead atoms. The van der Waals surface area contributed by atoms with E-state index in [-0.39, 0.29) is 29.9 Å². The lowest BCUT2D eigenvalue weighted by Crippen LogP contribution is -2.26. The van der Waals surface area contributed by atoms with E-state index in [1.165, 1.54) is 11.1 Å². The highest BCUT2D eigenvalue weighted by Crippen LogP contribution is 2.23. The lowest BCUT2D eigenvalue weighted by molar-refractivity contribution is -0.121. The maximum Gasteiger partial charge on any atom is 0.236 e. The largest absolute Gasteiger partial charge is 0.297 e. The molecule has 2 rings (SSSR count). The van der Waals surface area contributed by atoms with Crippen LogP contribution in [0.4, 0.5) is 5.82 Å². The number of hydrogen-bond donors (Lipinski definition) is 0. The summed E-state index contributed by atoms with van der Waals surface area (Å²) in [6.45, 7) is 0.0716. The second-order valence-corrected chi connectivity index (χ2v) is 4.51. The summed E-state index contributed by atoms with van der Waals surface area (Å²) in [5.74, 6) is 0.0599. The van der Waals surface area contributed by atoms with E-state index in [9.17, 15) is 9.59 Å². The first kappa shape index (κ1) is 10.7. The number of ketones is 1. The Morgan fingerprint density at radius 1 is 1.47 bits per heavy atom. The molecule has 2 heterocycles. The first-order valence-corrected chi connectivity index (χ1v) is 5.53. The van der Waals surface area contributed by atoms with Crippen molar-refractivity contribution < 1.29 is 9.59 Å². The quantitative estimate of drug-likeness (QED) is 0.436. The molecule has 0 aromatic carbocycles. The van der Waals surface area contributed by atoms with Crippen molar-refractivity contribution in [3.8, 4) is 0 Å². The maximum atomic E-state index is 11.4. The molecule has 1 aromatic heterocycles. The van der Waals surface area contributed by atoms with Crippen LogP contribution in [-0.2, 0) is 9.59 Å². The molecular weight excluding hydrogens is 332 g/mol. The number of nitrogens with zero attached hydrogens (tertiary/aromatic N) is 3. The normalized spacial score (nSPS) is 16.3. The average molecular weight is 338 g/mol. The summed E-state index contributed by atoms with van der Waals surface area (Å²) in [7, 11) is 0. The summed E-state index contributed by atoms with van der Waals surface area (Å²) < 4.78 is 0.694. The predicted molar refractivity (Wildman–Crippen MR) is 61.7 cm³/mol. The van der Waals surface area contributed by atoms with Gasteiger partial charge >= 0.3 is 0 Å². The monoisotopic (exact) mass is 337 g/mol. The Morgan fingerprint density at radius 2 is 2.20 bits per heavy atom. The average Bonchev–Trinajstić information content (AvgIpc) is 2.50. The summed E-state index contributed by atoms with van der Waals surface area (Å²) in [5, 5.41) is 0.0672. The minimum Gasteiger partial charge on any atom is -0.297 e. The molecular formula is C8H5ClIN3O2. The molecule has 1 fully saturated rings. The molecule has 0 aliphatic carbocycles. The van der Waals surface area contributed by atoms with Gasteiger partial charge in [-0.15, -0.1) is 0 Å². The van der Waals surface area contributed by atoms with Crippen molar-refractivity contribution in [2.75, 3.05) is 11.4 Å². The standard InChI is InChI=1S/C8H5ClIN3O2/c9-8-11-2-5(10)7(12-8)13-3-4(14)1-6(13)15/h2H,1,3H2. The lowest BCUT2D eigenvalue weighted by Gasteiger charge is -2.14. The van der Waals surface area contributed by atoms with Crippen LogP contribution in [0.2, 0.25) is 5.28 Å². The SMILES string of the molecule is O=C1CC(=O)N(c2nc(Cl)ncc2I)C1. The molecule has 1 aliphatic rings. The van der Waals surface area contributed by atoms with E-state index in [0.29, 0.717) is 9.39 Å². The van der Waals surface area contributed by atoms with Gasteiger partial charge in [0.1, 0.15) is 0 Å². The Bertz CT molecular complexity index is 452. The first-order valence-electron chi connectivity index (χ1n) is 4.08. The van der Waals surface area contributed by atoms with Crippen molar-refractivity contribution in [3.63, 3.8) is 0 Å².